The minimum Gasteiger partial charge on any atom is -0.457 e. The van der Waals surface area contributed by atoms with Crippen molar-refractivity contribution in [2.24, 2.45) is 7.05 Å². The van der Waals surface area contributed by atoms with E-state index in [2.05, 4.69) is 20.2 Å². The van der Waals surface area contributed by atoms with Crippen LogP contribution in [0, 0.1) is 0 Å². The number of ether oxygens (including phenoxy) is 1. The normalized spacial score (nSPS) is 14.4. The number of amides is 1. The Morgan fingerprint density at radius 2 is 1.96 bits per heavy atom. The summed E-state index contributed by atoms with van der Waals surface area (Å²) in [5.41, 5.74) is 1.93. The Kier molecular flexibility index (Phi) is 4.66. The Bertz CT molecular complexity index is 976. The van der Waals surface area contributed by atoms with Crippen LogP contribution < -0.4 is 15.4 Å². The van der Waals surface area contributed by atoms with Crippen LogP contribution in [0.3, 0.4) is 0 Å². The number of imidazole rings is 1. The van der Waals surface area contributed by atoms with Crippen LogP contribution in [0.2, 0.25) is 0 Å². The van der Waals surface area contributed by atoms with E-state index >= 15 is 0 Å². The molecule has 27 heavy (non-hydrogen) atoms. The van der Waals surface area contributed by atoms with Crippen molar-refractivity contribution in [2.45, 2.75) is 38.6 Å². The number of anilines is 2. The van der Waals surface area contributed by atoms with Crippen LogP contribution in [0.4, 0.5) is 11.8 Å². The lowest BCUT2D eigenvalue weighted by atomic mass is 10.3. The second kappa shape index (κ2) is 7.26. The van der Waals surface area contributed by atoms with Gasteiger partial charge in [0.25, 0.3) is 0 Å². The molecule has 0 atom stereocenters. The molecule has 1 aliphatic carbocycles. The van der Waals surface area contributed by atoms with E-state index in [0.717, 1.165) is 17.0 Å². The average molecular weight is 365 g/mol. The highest BCUT2D eigenvalue weighted by atomic mass is 16.5. The molecule has 1 fully saturated rings. The molecule has 0 unspecified atom stereocenters. The second-order valence-electron chi connectivity index (χ2n) is 6.93. The second-order valence-corrected chi connectivity index (χ2v) is 6.93. The number of rotatable bonds is 5. The number of hydrogen-bond acceptors (Lipinski definition) is 5. The van der Waals surface area contributed by atoms with E-state index in [1.807, 2.05) is 25.2 Å². The molecule has 1 amide bonds. The Balaban J connectivity index is 1.55. The predicted molar refractivity (Wildman–Crippen MR) is 105 cm³/mol. The summed E-state index contributed by atoms with van der Waals surface area (Å²) in [5, 5.41) is 6.21. The van der Waals surface area contributed by atoms with E-state index in [0.29, 0.717) is 23.4 Å². The molecule has 1 saturated carbocycles. The Morgan fingerprint density at radius 1 is 1.19 bits per heavy atom. The number of benzene rings is 1. The van der Waals surface area contributed by atoms with Gasteiger partial charge < -0.3 is 19.9 Å². The quantitative estimate of drug-likeness (QED) is 0.712. The molecule has 2 aromatic heterocycles. The fourth-order valence-corrected chi connectivity index (χ4v) is 3.48. The minimum atomic E-state index is -0.170. The summed E-state index contributed by atoms with van der Waals surface area (Å²) in [6.07, 6.45) is 6.58. The number of aryl methyl sites for hydroxylation is 1. The Hall–Kier alpha value is -3.09. The van der Waals surface area contributed by atoms with E-state index in [4.69, 9.17) is 9.72 Å². The van der Waals surface area contributed by atoms with Crippen molar-refractivity contribution in [2.75, 3.05) is 10.6 Å². The van der Waals surface area contributed by atoms with Gasteiger partial charge in [-0.1, -0.05) is 12.8 Å². The minimum absolute atomic E-state index is 0.170. The molecule has 140 valence electrons. The van der Waals surface area contributed by atoms with E-state index in [-0.39, 0.29) is 5.91 Å². The number of carbonyl (C=O) groups excluding carboxylic acids is 1. The highest BCUT2D eigenvalue weighted by molar-refractivity contribution is 5.87. The zero-order valence-electron chi connectivity index (χ0n) is 15.5. The first kappa shape index (κ1) is 17.3. The summed E-state index contributed by atoms with van der Waals surface area (Å²) in [6.45, 7) is 1.45. The van der Waals surface area contributed by atoms with Gasteiger partial charge in [-0.05, 0) is 31.0 Å². The van der Waals surface area contributed by atoms with Crippen molar-refractivity contribution in [1.29, 1.82) is 0 Å². The number of pyridine rings is 1. The largest absolute Gasteiger partial charge is 0.457 e. The molecular formula is C20H23N5O2. The molecular weight excluding hydrogens is 342 g/mol. The number of fused-ring (bicyclic) bond motifs is 1. The van der Waals surface area contributed by atoms with Gasteiger partial charge in [0, 0.05) is 38.3 Å². The van der Waals surface area contributed by atoms with Crippen LogP contribution in [0.25, 0.3) is 11.0 Å². The van der Waals surface area contributed by atoms with Crippen molar-refractivity contribution in [3.05, 3.63) is 36.5 Å². The molecule has 7 nitrogen and oxygen atoms in total. The Labute approximate surface area is 157 Å². The van der Waals surface area contributed by atoms with E-state index in [9.17, 15) is 4.79 Å². The molecule has 0 aliphatic heterocycles. The molecule has 1 aromatic carbocycles. The van der Waals surface area contributed by atoms with E-state index in [1.165, 1.54) is 32.6 Å². The summed E-state index contributed by atoms with van der Waals surface area (Å²) in [4.78, 5) is 20.0. The van der Waals surface area contributed by atoms with Gasteiger partial charge in [-0.2, -0.15) is 0 Å². The van der Waals surface area contributed by atoms with Gasteiger partial charge >= 0.3 is 0 Å². The third kappa shape index (κ3) is 3.86. The fourth-order valence-electron chi connectivity index (χ4n) is 3.48. The van der Waals surface area contributed by atoms with Gasteiger partial charge in [0.05, 0.1) is 11.0 Å². The zero-order chi connectivity index (χ0) is 18.8. The van der Waals surface area contributed by atoms with Crippen molar-refractivity contribution in [3.8, 4) is 11.5 Å². The summed E-state index contributed by atoms with van der Waals surface area (Å²) in [6, 6.07) is 9.81. The van der Waals surface area contributed by atoms with Crippen LogP contribution in [-0.2, 0) is 11.8 Å². The monoisotopic (exact) mass is 365 g/mol. The molecule has 4 rings (SSSR count). The first-order valence-electron chi connectivity index (χ1n) is 9.23. The molecule has 0 radical (unpaired) electrons. The average Bonchev–Trinajstić information content (AvgIpc) is 3.24. The Morgan fingerprint density at radius 3 is 2.74 bits per heavy atom. The van der Waals surface area contributed by atoms with Crippen LogP contribution in [0.15, 0.2) is 36.5 Å². The molecule has 0 bridgehead atoms. The molecule has 7 heteroatoms. The number of nitrogens with one attached hydrogen (secondary N) is 2. The van der Waals surface area contributed by atoms with Crippen molar-refractivity contribution in [3.63, 3.8) is 0 Å². The summed E-state index contributed by atoms with van der Waals surface area (Å²) in [5.74, 6) is 2.48. The standard InChI is InChI=1S/C20H23N5O2/c1-13(26)22-19-12-16(9-10-21-19)27-15-7-8-18-17(11-15)24-20(25(18)2)23-14-5-3-4-6-14/h7-12,14H,3-6H2,1-2H3,(H,23,24)(H,21,22,26). The number of nitrogens with zero attached hydrogens (tertiary/aromatic N) is 3. The molecule has 0 saturated heterocycles. The van der Waals surface area contributed by atoms with Crippen molar-refractivity contribution >= 4 is 28.7 Å². The summed E-state index contributed by atoms with van der Waals surface area (Å²) in [7, 11) is 2.02. The number of aromatic nitrogens is 3. The van der Waals surface area contributed by atoms with Gasteiger partial charge in [0.15, 0.2) is 0 Å². The lowest BCUT2D eigenvalue weighted by Gasteiger charge is -2.12. The predicted octanol–water partition coefficient (Wildman–Crippen LogP) is 4.07. The zero-order valence-corrected chi connectivity index (χ0v) is 15.5. The van der Waals surface area contributed by atoms with Crippen LogP contribution in [0.5, 0.6) is 11.5 Å². The van der Waals surface area contributed by atoms with Crippen molar-refractivity contribution < 1.29 is 9.53 Å². The lowest BCUT2D eigenvalue weighted by Crippen LogP contribution is -2.17. The smallest absolute Gasteiger partial charge is 0.222 e. The maximum Gasteiger partial charge on any atom is 0.222 e. The highest BCUT2D eigenvalue weighted by Crippen LogP contribution is 2.29. The molecule has 0 spiro atoms. The van der Waals surface area contributed by atoms with Gasteiger partial charge in [0.1, 0.15) is 17.3 Å². The first-order chi connectivity index (χ1) is 13.1. The SMILES string of the molecule is CC(=O)Nc1cc(Oc2ccc3c(c2)nc(NC2CCCC2)n3C)ccn1. The third-order valence-electron chi connectivity index (χ3n) is 4.81. The number of hydrogen-bond donors (Lipinski definition) is 2. The van der Waals surface area contributed by atoms with E-state index < -0.39 is 0 Å². The topological polar surface area (TPSA) is 81.1 Å². The third-order valence-corrected chi connectivity index (χ3v) is 4.81. The summed E-state index contributed by atoms with van der Waals surface area (Å²) >= 11 is 0. The molecule has 3 aromatic rings. The first-order valence-corrected chi connectivity index (χ1v) is 9.23. The van der Waals surface area contributed by atoms with Gasteiger partial charge in [0.2, 0.25) is 11.9 Å². The van der Waals surface area contributed by atoms with Crippen LogP contribution >= 0.6 is 0 Å². The molecule has 2 heterocycles. The van der Waals surface area contributed by atoms with Crippen LogP contribution in [-0.4, -0.2) is 26.5 Å². The number of carbonyl (C=O) groups is 1. The van der Waals surface area contributed by atoms with Gasteiger partial charge in [-0.15, -0.1) is 0 Å². The molecule has 1 aliphatic rings. The maximum absolute atomic E-state index is 11.2. The maximum atomic E-state index is 11.2. The fraction of sp³-hybridized carbons (Fsp3) is 0.350. The highest BCUT2D eigenvalue weighted by Gasteiger charge is 2.17. The lowest BCUT2D eigenvalue weighted by molar-refractivity contribution is -0.114. The van der Waals surface area contributed by atoms with Crippen molar-refractivity contribution in [1.82, 2.24) is 14.5 Å². The van der Waals surface area contributed by atoms with Gasteiger partial charge in [-0.3, -0.25) is 4.79 Å². The van der Waals surface area contributed by atoms with E-state index in [1.54, 1.807) is 18.3 Å². The van der Waals surface area contributed by atoms with Gasteiger partial charge in [-0.25, -0.2) is 9.97 Å². The summed E-state index contributed by atoms with van der Waals surface area (Å²) < 4.78 is 8.01. The van der Waals surface area contributed by atoms with Crippen LogP contribution in [0.1, 0.15) is 32.6 Å². The molecule has 2 N–H and O–H groups in total.